The summed E-state index contributed by atoms with van der Waals surface area (Å²) in [5, 5.41) is 4.08. The molecule has 0 saturated heterocycles. The maximum Gasteiger partial charge on any atom is 0.290 e. The highest BCUT2D eigenvalue weighted by Gasteiger charge is 2.11. The predicted octanol–water partition coefficient (Wildman–Crippen LogP) is 5.83. The number of halogens is 1. The summed E-state index contributed by atoms with van der Waals surface area (Å²) in [7, 11) is 0. The minimum atomic E-state index is -0.197. The molecule has 0 fully saturated rings. The van der Waals surface area contributed by atoms with E-state index in [1.165, 1.54) is 11.3 Å². The molecule has 158 valence electrons. The molecule has 32 heavy (non-hydrogen) atoms. The topological polar surface area (TPSA) is 59.8 Å². The number of pyridine rings is 1. The SMILES string of the molecule is O=c1ncn(Cc2ccc(Cl)cc2)c2cc(-c3ccc(NCc4ccccn4)cc3)sc12. The molecule has 0 spiro atoms. The fraction of sp³-hybridized carbons (Fsp3) is 0.0800. The Labute approximate surface area is 194 Å². The number of aromatic nitrogens is 3. The zero-order chi connectivity index (χ0) is 21.9. The average molecular weight is 459 g/mol. The second-order valence-corrected chi connectivity index (χ2v) is 8.87. The Bertz CT molecular complexity index is 1410. The molecule has 0 aliphatic rings. The number of nitrogens with one attached hydrogen (secondary N) is 1. The van der Waals surface area contributed by atoms with E-state index in [9.17, 15) is 4.79 Å². The summed E-state index contributed by atoms with van der Waals surface area (Å²) >= 11 is 7.47. The first kappa shape index (κ1) is 20.4. The van der Waals surface area contributed by atoms with Crippen LogP contribution >= 0.6 is 22.9 Å². The predicted molar refractivity (Wildman–Crippen MR) is 131 cm³/mol. The summed E-state index contributed by atoms with van der Waals surface area (Å²) in [5.41, 5.74) is 4.85. The molecule has 5 rings (SSSR count). The fourth-order valence-electron chi connectivity index (χ4n) is 3.49. The summed E-state index contributed by atoms with van der Waals surface area (Å²) in [6.07, 6.45) is 3.40. The highest BCUT2D eigenvalue weighted by atomic mass is 35.5. The number of benzene rings is 2. The molecule has 1 N–H and O–H groups in total. The van der Waals surface area contributed by atoms with Crippen molar-refractivity contribution in [3.63, 3.8) is 0 Å². The van der Waals surface area contributed by atoms with Crippen LogP contribution in [-0.4, -0.2) is 14.5 Å². The minimum Gasteiger partial charge on any atom is -0.379 e. The Morgan fingerprint density at radius 1 is 0.969 bits per heavy atom. The zero-order valence-electron chi connectivity index (χ0n) is 17.0. The van der Waals surface area contributed by atoms with Gasteiger partial charge in [0.25, 0.3) is 5.56 Å². The second kappa shape index (κ2) is 8.94. The van der Waals surface area contributed by atoms with Crippen LogP contribution in [0.3, 0.4) is 0 Å². The van der Waals surface area contributed by atoms with Gasteiger partial charge < -0.3 is 9.88 Å². The van der Waals surface area contributed by atoms with E-state index in [0.717, 1.165) is 32.9 Å². The number of fused-ring (bicyclic) bond motifs is 1. The van der Waals surface area contributed by atoms with Gasteiger partial charge in [0.05, 0.1) is 24.1 Å². The molecule has 0 aliphatic heterocycles. The zero-order valence-corrected chi connectivity index (χ0v) is 18.6. The lowest BCUT2D eigenvalue weighted by Crippen LogP contribution is -2.11. The van der Waals surface area contributed by atoms with Crippen LogP contribution in [-0.2, 0) is 13.1 Å². The molecule has 3 heterocycles. The van der Waals surface area contributed by atoms with Crippen LogP contribution in [0.25, 0.3) is 20.7 Å². The van der Waals surface area contributed by atoms with Crippen LogP contribution in [0.1, 0.15) is 11.3 Å². The van der Waals surface area contributed by atoms with E-state index in [1.54, 1.807) is 12.5 Å². The summed E-state index contributed by atoms with van der Waals surface area (Å²) < 4.78 is 2.66. The van der Waals surface area contributed by atoms with Gasteiger partial charge in [-0.3, -0.25) is 9.78 Å². The Morgan fingerprint density at radius 2 is 1.78 bits per heavy atom. The van der Waals surface area contributed by atoms with Crippen LogP contribution in [0.15, 0.2) is 90.1 Å². The molecule has 2 aromatic carbocycles. The highest BCUT2D eigenvalue weighted by molar-refractivity contribution is 7.22. The van der Waals surface area contributed by atoms with Crippen molar-refractivity contribution in [3.05, 3.63) is 112 Å². The third-order valence-electron chi connectivity index (χ3n) is 5.17. The van der Waals surface area contributed by atoms with Crippen molar-refractivity contribution in [2.24, 2.45) is 0 Å². The second-order valence-electron chi connectivity index (χ2n) is 7.38. The lowest BCUT2D eigenvalue weighted by molar-refractivity contribution is 0.800. The third-order valence-corrected chi connectivity index (χ3v) is 6.58. The van der Waals surface area contributed by atoms with Gasteiger partial charge in [0, 0.05) is 28.3 Å². The van der Waals surface area contributed by atoms with E-state index in [2.05, 4.69) is 33.5 Å². The van der Waals surface area contributed by atoms with Crippen molar-refractivity contribution >= 4 is 38.8 Å². The van der Waals surface area contributed by atoms with Crippen molar-refractivity contribution < 1.29 is 0 Å². The van der Waals surface area contributed by atoms with Gasteiger partial charge >= 0.3 is 0 Å². The van der Waals surface area contributed by atoms with Gasteiger partial charge in [0.15, 0.2) is 0 Å². The van der Waals surface area contributed by atoms with E-state index >= 15 is 0 Å². The molecule has 0 radical (unpaired) electrons. The van der Waals surface area contributed by atoms with Gasteiger partial charge in [-0.1, -0.05) is 41.9 Å². The van der Waals surface area contributed by atoms with Crippen molar-refractivity contribution in [2.45, 2.75) is 13.1 Å². The number of anilines is 1. The fourth-order valence-corrected chi connectivity index (χ4v) is 4.68. The third kappa shape index (κ3) is 4.42. The molecular weight excluding hydrogens is 440 g/mol. The molecule has 0 amide bonds. The van der Waals surface area contributed by atoms with Gasteiger partial charge in [0.1, 0.15) is 4.70 Å². The molecular formula is C25H19ClN4OS. The summed E-state index contributed by atoms with van der Waals surface area (Å²) in [6, 6.07) is 23.9. The molecule has 5 nitrogen and oxygen atoms in total. The smallest absolute Gasteiger partial charge is 0.290 e. The Kier molecular flexibility index (Phi) is 5.71. The highest BCUT2D eigenvalue weighted by Crippen LogP contribution is 2.32. The number of nitrogens with zero attached hydrogens (tertiary/aromatic N) is 3. The summed E-state index contributed by atoms with van der Waals surface area (Å²) in [6.45, 7) is 1.28. The molecule has 0 bridgehead atoms. The van der Waals surface area contributed by atoms with Gasteiger partial charge in [0.2, 0.25) is 0 Å². The van der Waals surface area contributed by atoms with Crippen molar-refractivity contribution in [3.8, 4) is 10.4 Å². The van der Waals surface area contributed by atoms with E-state index in [4.69, 9.17) is 11.6 Å². The quantitative estimate of drug-likeness (QED) is 0.347. The van der Waals surface area contributed by atoms with Crippen LogP contribution in [0, 0.1) is 0 Å². The van der Waals surface area contributed by atoms with E-state index < -0.39 is 0 Å². The number of hydrogen-bond acceptors (Lipinski definition) is 5. The Balaban J connectivity index is 1.40. The van der Waals surface area contributed by atoms with Crippen molar-refractivity contribution in [1.82, 2.24) is 14.5 Å². The van der Waals surface area contributed by atoms with Crippen LogP contribution < -0.4 is 10.9 Å². The van der Waals surface area contributed by atoms with Gasteiger partial charge in [-0.2, -0.15) is 4.98 Å². The standard InChI is InChI=1S/C25H19ClN4OS/c26-19-8-4-17(5-9-19)15-30-16-29-25(31)24-22(30)13-23(32-24)18-6-10-20(11-7-18)28-14-21-3-1-2-12-27-21/h1-13,16,28H,14-15H2. The van der Waals surface area contributed by atoms with Crippen molar-refractivity contribution in [2.75, 3.05) is 5.32 Å². The van der Waals surface area contributed by atoms with E-state index in [-0.39, 0.29) is 5.56 Å². The average Bonchev–Trinajstić information content (AvgIpc) is 3.29. The van der Waals surface area contributed by atoms with Crippen molar-refractivity contribution in [1.29, 1.82) is 0 Å². The number of hydrogen-bond donors (Lipinski definition) is 1. The normalized spacial score (nSPS) is 11.0. The molecule has 7 heteroatoms. The molecule has 3 aromatic heterocycles. The number of rotatable bonds is 6. The van der Waals surface area contributed by atoms with E-state index in [1.807, 2.05) is 59.2 Å². The van der Waals surface area contributed by atoms with Gasteiger partial charge in [-0.05, 0) is 53.6 Å². The molecule has 0 aliphatic carbocycles. The monoisotopic (exact) mass is 458 g/mol. The minimum absolute atomic E-state index is 0.197. The van der Waals surface area contributed by atoms with Gasteiger partial charge in [-0.25, -0.2) is 0 Å². The largest absolute Gasteiger partial charge is 0.379 e. The molecule has 0 saturated carbocycles. The number of thiophene rings is 1. The van der Waals surface area contributed by atoms with Crippen LogP contribution in [0.5, 0.6) is 0 Å². The Hall–Kier alpha value is -3.48. The van der Waals surface area contributed by atoms with Gasteiger partial charge in [-0.15, -0.1) is 11.3 Å². The first-order valence-electron chi connectivity index (χ1n) is 10.1. The van der Waals surface area contributed by atoms with E-state index in [0.29, 0.717) is 22.8 Å². The van der Waals surface area contributed by atoms with Crippen LogP contribution in [0.4, 0.5) is 5.69 Å². The molecule has 0 atom stereocenters. The Morgan fingerprint density at radius 3 is 2.53 bits per heavy atom. The van der Waals surface area contributed by atoms with Crippen LogP contribution in [0.2, 0.25) is 5.02 Å². The lowest BCUT2D eigenvalue weighted by Gasteiger charge is -2.07. The maximum absolute atomic E-state index is 12.4. The maximum atomic E-state index is 12.4. The lowest BCUT2D eigenvalue weighted by atomic mass is 10.1. The summed E-state index contributed by atoms with van der Waals surface area (Å²) in [5.74, 6) is 0. The molecule has 0 unspecified atom stereocenters. The first-order chi connectivity index (χ1) is 15.7. The first-order valence-corrected chi connectivity index (χ1v) is 11.3. The summed E-state index contributed by atoms with van der Waals surface area (Å²) in [4.78, 5) is 21.8. The molecule has 5 aromatic rings.